The Hall–Kier alpha value is -3.35. The molecule has 12 heteroatoms. The van der Waals surface area contributed by atoms with E-state index in [-0.39, 0.29) is 18.1 Å². The fourth-order valence-corrected chi connectivity index (χ4v) is 7.47. The number of nitrogens with one attached hydrogen (secondary N) is 1. The molecule has 3 aliphatic heterocycles. The third kappa shape index (κ3) is 3.95. The summed E-state index contributed by atoms with van der Waals surface area (Å²) in [6, 6.07) is 14.5. The van der Waals surface area contributed by atoms with Gasteiger partial charge >= 0.3 is 5.97 Å². The van der Waals surface area contributed by atoms with Crippen molar-refractivity contribution in [1.82, 2.24) is 25.2 Å². The van der Waals surface area contributed by atoms with Crippen molar-refractivity contribution in [2.45, 2.75) is 48.6 Å². The smallest absolute Gasteiger partial charge is 0.312 e. The lowest BCUT2D eigenvalue weighted by Crippen LogP contribution is -2.56. The molecule has 7 atom stereocenters. The van der Waals surface area contributed by atoms with Crippen LogP contribution >= 0.6 is 15.9 Å². The second-order valence-corrected chi connectivity index (χ2v) is 11.2. The normalized spacial score (nSPS) is 30.0. The number of rotatable bonds is 8. The van der Waals surface area contributed by atoms with Gasteiger partial charge in [-0.05, 0) is 31.0 Å². The molecule has 4 heterocycles. The fraction of sp³-hybridized carbons (Fsp3) is 0.444. The van der Waals surface area contributed by atoms with Gasteiger partial charge in [0, 0.05) is 4.83 Å². The summed E-state index contributed by atoms with van der Waals surface area (Å²) >= 11 is 3.63. The van der Waals surface area contributed by atoms with Crippen molar-refractivity contribution in [3.8, 4) is 0 Å². The predicted molar refractivity (Wildman–Crippen MR) is 141 cm³/mol. The van der Waals surface area contributed by atoms with Crippen molar-refractivity contribution in [3.63, 3.8) is 0 Å². The maximum atomic E-state index is 14.2. The summed E-state index contributed by atoms with van der Waals surface area (Å²) in [5.74, 6) is -3.20. The zero-order valence-electron chi connectivity index (χ0n) is 21.1. The number of ether oxygens (including phenoxy) is 2. The van der Waals surface area contributed by atoms with Crippen LogP contribution in [0, 0.1) is 11.8 Å². The zero-order chi connectivity index (χ0) is 27.3. The molecule has 2 amide bonds. The van der Waals surface area contributed by atoms with Crippen LogP contribution < -0.4 is 5.32 Å². The number of esters is 1. The molecule has 2 bridgehead atoms. The van der Waals surface area contributed by atoms with E-state index in [1.807, 2.05) is 30.3 Å². The average Bonchev–Trinajstić information content (AvgIpc) is 3.66. The highest BCUT2D eigenvalue weighted by Gasteiger charge is 2.77. The lowest BCUT2D eigenvalue weighted by molar-refractivity contribution is -0.155. The van der Waals surface area contributed by atoms with Gasteiger partial charge in [0.15, 0.2) is 0 Å². The molecule has 3 saturated heterocycles. The number of alkyl halides is 1. The molecular weight excluding hydrogens is 570 g/mol. The third-order valence-corrected chi connectivity index (χ3v) is 8.90. The van der Waals surface area contributed by atoms with Crippen LogP contribution in [0.15, 0.2) is 54.6 Å². The molecule has 6 rings (SSSR count). The van der Waals surface area contributed by atoms with Crippen LogP contribution in [-0.2, 0) is 30.5 Å². The van der Waals surface area contributed by atoms with Crippen molar-refractivity contribution in [3.05, 3.63) is 60.2 Å². The highest BCUT2D eigenvalue weighted by Crippen LogP contribution is 2.61. The first kappa shape index (κ1) is 25.9. The number of amides is 2. The molecule has 3 aromatic rings. The number of benzene rings is 2. The standard InChI is InChI=1S/C27H28BrN5O6/c1-2-38-26(37)20-21-25(36)33(19(13-34)15-8-4-3-5-9-15)23(27(21)12-16(28)22(20)39-27)24(35)29-14-32-18-11-7-6-10-17(18)30-31-32/h3-11,16,19-23,34H,2,12-14H2,1H3,(H,29,35)/t16?,19-,20+,21+,22+,23?,27?/m1/s1. The Kier molecular flexibility index (Phi) is 6.64. The lowest BCUT2D eigenvalue weighted by atomic mass is 9.70. The molecule has 204 valence electrons. The van der Waals surface area contributed by atoms with E-state index in [2.05, 4.69) is 31.6 Å². The number of aromatic nitrogens is 3. The second kappa shape index (κ2) is 10.00. The molecule has 0 radical (unpaired) electrons. The minimum atomic E-state index is -1.27. The molecule has 0 saturated carbocycles. The molecule has 3 unspecified atom stereocenters. The van der Waals surface area contributed by atoms with E-state index in [0.29, 0.717) is 17.5 Å². The van der Waals surface area contributed by atoms with Gasteiger partial charge < -0.3 is 24.8 Å². The number of carbonyl (C=O) groups excluding carboxylic acids is 3. The number of aliphatic hydroxyl groups is 1. The molecule has 3 fully saturated rings. The number of likely N-dealkylation sites (tertiary alicyclic amines) is 1. The first-order valence-corrected chi connectivity index (χ1v) is 13.8. The summed E-state index contributed by atoms with van der Waals surface area (Å²) < 4.78 is 13.4. The molecule has 39 heavy (non-hydrogen) atoms. The third-order valence-electron chi connectivity index (χ3n) is 8.05. The monoisotopic (exact) mass is 597 g/mol. The van der Waals surface area contributed by atoms with Gasteiger partial charge in [-0.2, -0.15) is 0 Å². The number of hydrogen-bond donors (Lipinski definition) is 2. The number of hydrogen-bond acceptors (Lipinski definition) is 8. The van der Waals surface area contributed by atoms with Crippen molar-refractivity contribution >= 4 is 44.7 Å². The molecule has 11 nitrogen and oxygen atoms in total. The molecule has 2 aromatic carbocycles. The number of para-hydroxylation sites is 1. The van der Waals surface area contributed by atoms with Crippen molar-refractivity contribution in [2.24, 2.45) is 11.8 Å². The van der Waals surface area contributed by atoms with Gasteiger partial charge in [-0.15, -0.1) is 5.10 Å². The minimum absolute atomic E-state index is 0.0101. The molecule has 1 spiro atoms. The molecule has 0 aliphatic carbocycles. The first-order chi connectivity index (χ1) is 18.9. The number of nitrogens with zero attached hydrogens (tertiary/aromatic N) is 4. The highest BCUT2D eigenvalue weighted by atomic mass is 79.9. The Morgan fingerprint density at radius 3 is 2.72 bits per heavy atom. The quantitative estimate of drug-likeness (QED) is 0.295. The Labute approximate surface area is 232 Å². The van der Waals surface area contributed by atoms with Gasteiger partial charge in [0.1, 0.15) is 23.8 Å². The Bertz CT molecular complexity index is 1420. The number of fused-ring (bicyclic) bond motifs is 2. The molecule has 2 N–H and O–H groups in total. The molecular formula is C27H28BrN5O6. The maximum Gasteiger partial charge on any atom is 0.312 e. The van der Waals surface area contributed by atoms with Crippen LogP contribution in [0.2, 0.25) is 0 Å². The predicted octanol–water partition coefficient (Wildman–Crippen LogP) is 1.55. The van der Waals surface area contributed by atoms with Crippen LogP contribution in [0.3, 0.4) is 0 Å². The Morgan fingerprint density at radius 2 is 1.97 bits per heavy atom. The van der Waals surface area contributed by atoms with E-state index >= 15 is 0 Å². The van der Waals surface area contributed by atoms with Crippen LogP contribution in [0.4, 0.5) is 0 Å². The minimum Gasteiger partial charge on any atom is -0.466 e. The fourth-order valence-electron chi connectivity index (χ4n) is 6.52. The van der Waals surface area contributed by atoms with E-state index in [1.165, 1.54) is 4.90 Å². The van der Waals surface area contributed by atoms with Crippen molar-refractivity contribution < 1.29 is 29.0 Å². The summed E-state index contributed by atoms with van der Waals surface area (Å²) in [6.45, 7) is 1.46. The summed E-state index contributed by atoms with van der Waals surface area (Å²) in [4.78, 5) is 42.5. The van der Waals surface area contributed by atoms with E-state index in [4.69, 9.17) is 9.47 Å². The first-order valence-electron chi connectivity index (χ1n) is 12.9. The number of carbonyl (C=O) groups is 3. The Morgan fingerprint density at radius 1 is 1.23 bits per heavy atom. The number of halogens is 1. The summed E-state index contributed by atoms with van der Waals surface area (Å²) in [7, 11) is 0. The average molecular weight is 598 g/mol. The van der Waals surface area contributed by atoms with Crippen LogP contribution in [-0.4, -0.2) is 78.6 Å². The van der Waals surface area contributed by atoms with Gasteiger partial charge in [-0.1, -0.05) is 63.6 Å². The van der Waals surface area contributed by atoms with E-state index in [0.717, 1.165) is 5.52 Å². The van der Waals surface area contributed by atoms with Crippen molar-refractivity contribution in [1.29, 1.82) is 0 Å². The summed E-state index contributed by atoms with van der Waals surface area (Å²) in [5, 5.41) is 21.7. The molecule has 1 aromatic heterocycles. The largest absolute Gasteiger partial charge is 0.466 e. The van der Waals surface area contributed by atoms with Crippen LogP contribution in [0.5, 0.6) is 0 Å². The van der Waals surface area contributed by atoms with E-state index in [9.17, 15) is 19.5 Å². The summed E-state index contributed by atoms with van der Waals surface area (Å²) in [6.07, 6.45) is -0.267. The highest BCUT2D eigenvalue weighted by molar-refractivity contribution is 9.09. The lowest BCUT2D eigenvalue weighted by Gasteiger charge is -2.37. The van der Waals surface area contributed by atoms with Gasteiger partial charge in [0.05, 0.1) is 42.7 Å². The van der Waals surface area contributed by atoms with Gasteiger partial charge in [0.25, 0.3) is 0 Å². The van der Waals surface area contributed by atoms with Crippen LogP contribution in [0.1, 0.15) is 24.9 Å². The zero-order valence-corrected chi connectivity index (χ0v) is 22.7. The second-order valence-electron chi connectivity index (χ2n) is 10.0. The van der Waals surface area contributed by atoms with Gasteiger partial charge in [-0.3, -0.25) is 14.4 Å². The number of aliphatic hydroxyl groups excluding tert-OH is 1. The van der Waals surface area contributed by atoms with E-state index < -0.39 is 60.0 Å². The van der Waals surface area contributed by atoms with E-state index in [1.54, 1.807) is 35.9 Å². The van der Waals surface area contributed by atoms with Gasteiger partial charge in [-0.25, -0.2) is 4.68 Å². The van der Waals surface area contributed by atoms with Crippen molar-refractivity contribution in [2.75, 3.05) is 13.2 Å². The summed E-state index contributed by atoms with van der Waals surface area (Å²) in [5.41, 5.74) is 0.822. The van der Waals surface area contributed by atoms with Gasteiger partial charge in [0.2, 0.25) is 11.8 Å². The Balaban J connectivity index is 1.39. The molecule has 3 aliphatic rings. The maximum absolute atomic E-state index is 14.2. The SMILES string of the molecule is CCOC(=O)[C@H]1[C@H]2C(=O)N([C@H](CO)c3ccccc3)C(C(=O)NCn3nnc4ccccc43)C23CC(Br)[C@@H]1O3. The topological polar surface area (TPSA) is 136 Å². The van der Waals surface area contributed by atoms with Crippen LogP contribution in [0.25, 0.3) is 11.0 Å².